The third-order valence-electron chi connectivity index (χ3n) is 3.52. The first-order valence-corrected chi connectivity index (χ1v) is 7.06. The van der Waals surface area contributed by atoms with Crippen LogP contribution in [0.4, 0.5) is 0 Å². The number of hydrogen-bond acceptors (Lipinski definition) is 2. The summed E-state index contributed by atoms with van der Waals surface area (Å²) in [6, 6.07) is 17.3. The highest BCUT2D eigenvalue weighted by Gasteiger charge is 2.11. The average molecular weight is 279 g/mol. The molecule has 1 heterocycles. The van der Waals surface area contributed by atoms with Gasteiger partial charge in [-0.2, -0.15) is 0 Å². The molecule has 0 aliphatic carbocycles. The van der Waals surface area contributed by atoms with Gasteiger partial charge >= 0.3 is 0 Å². The highest BCUT2D eigenvalue weighted by molar-refractivity contribution is 5.82. The lowest BCUT2D eigenvalue weighted by molar-refractivity contribution is 0.339. The van der Waals surface area contributed by atoms with Crippen LogP contribution in [0.5, 0.6) is 5.75 Å². The third kappa shape index (κ3) is 2.31. The first-order valence-electron chi connectivity index (χ1n) is 7.06. The molecule has 0 unspecified atom stereocenters. The van der Waals surface area contributed by atoms with Crippen molar-refractivity contribution in [1.82, 2.24) is 4.57 Å². The number of aryl methyl sites for hydroxylation is 1. The van der Waals surface area contributed by atoms with E-state index in [1.807, 2.05) is 68.4 Å². The van der Waals surface area contributed by atoms with Crippen LogP contribution in [-0.2, 0) is 0 Å². The molecule has 21 heavy (non-hydrogen) atoms. The molecule has 3 nitrogen and oxygen atoms in total. The zero-order valence-electron chi connectivity index (χ0n) is 12.2. The molecule has 1 aromatic heterocycles. The van der Waals surface area contributed by atoms with E-state index in [-0.39, 0.29) is 5.56 Å². The zero-order valence-corrected chi connectivity index (χ0v) is 12.2. The Labute approximate surface area is 123 Å². The van der Waals surface area contributed by atoms with Crippen molar-refractivity contribution in [2.24, 2.45) is 0 Å². The lowest BCUT2D eigenvalue weighted by Gasteiger charge is -2.15. The van der Waals surface area contributed by atoms with Gasteiger partial charge < -0.3 is 4.74 Å². The molecular formula is C18H17NO2. The summed E-state index contributed by atoms with van der Waals surface area (Å²) in [5.41, 5.74) is 1.66. The SMILES string of the molecule is CCOc1ccccc1-n1c(C)cc2ccccc2c1=O. The fraction of sp³-hybridized carbons (Fsp3) is 0.167. The predicted octanol–water partition coefficient (Wildman–Crippen LogP) is 3.70. The number of pyridine rings is 1. The van der Waals surface area contributed by atoms with E-state index < -0.39 is 0 Å². The molecule has 2 aromatic carbocycles. The Morgan fingerprint density at radius 1 is 1.05 bits per heavy atom. The number of para-hydroxylation sites is 2. The molecule has 0 radical (unpaired) electrons. The summed E-state index contributed by atoms with van der Waals surface area (Å²) in [6.45, 7) is 4.45. The van der Waals surface area contributed by atoms with Gasteiger partial charge in [0.1, 0.15) is 5.75 Å². The van der Waals surface area contributed by atoms with Gasteiger partial charge in [-0.05, 0) is 43.5 Å². The van der Waals surface area contributed by atoms with E-state index in [4.69, 9.17) is 4.74 Å². The maximum absolute atomic E-state index is 12.8. The monoisotopic (exact) mass is 279 g/mol. The Bertz CT molecular complexity index is 849. The summed E-state index contributed by atoms with van der Waals surface area (Å²) in [7, 11) is 0. The standard InChI is InChI=1S/C18H17NO2/c1-3-21-17-11-7-6-10-16(17)19-13(2)12-14-8-4-5-9-15(14)18(19)20/h4-12H,3H2,1-2H3. The molecular weight excluding hydrogens is 262 g/mol. The topological polar surface area (TPSA) is 31.2 Å². The first-order chi connectivity index (χ1) is 10.2. The Morgan fingerprint density at radius 2 is 1.76 bits per heavy atom. The molecule has 0 atom stereocenters. The van der Waals surface area contributed by atoms with E-state index in [2.05, 4.69) is 0 Å². The maximum atomic E-state index is 12.8. The van der Waals surface area contributed by atoms with Gasteiger partial charge in [0.2, 0.25) is 0 Å². The third-order valence-corrected chi connectivity index (χ3v) is 3.52. The summed E-state index contributed by atoms with van der Waals surface area (Å²) in [4.78, 5) is 12.8. The summed E-state index contributed by atoms with van der Waals surface area (Å²) < 4.78 is 7.37. The Morgan fingerprint density at radius 3 is 2.57 bits per heavy atom. The fourth-order valence-electron chi connectivity index (χ4n) is 2.61. The van der Waals surface area contributed by atoms with Crippen LogP contribution in [0.15, 0.2) is 59.4 Å². The number of hydrogen-bond donors (Lipinski definition) is 0. The van der Waals surface area contributed by atoms with Crippen molar-refractivity contribution in [2.75, 3.05) is 6.61 Å². The van der Waals surface area contributed by atoms with E-state index in [1.54, 1.807) is 4.57 Å². The summed E-state index contributed by atoms with van der Waals surface area (Å²) >= 11 is 0. The van der Waals surface area contributed by atoms with Crippen LogP contribution < -0.4 is 10.3 Å². The maximum Gasteiger partial charge on any atom is 0.263 e. The van der Waals surface area contributed by atoms with Gasteiger partial charge in [0.25, 0.3) is 5.56 Å². The van der Waals surface area contributed by atoms with Gasteiger partial charge in [-0.25, -0.2) is 0 Å². The summed E-state index contributed by atoms with van der Waals surface area (Å²) in [5, 5.41) is 1.68. The predicted molar refractivity (Wildman–Crippen MR) is 85.5 cm³/mol. The summed E-state index contributed by atoms with van der Waals surface area (Å²) in [5.74, 6) is 0.723. The second-order valence-electron chi connectivity index (χ2n) is 4.91. The van der Waals surface area contributed by atoms with Crippen molar-refractivity contribution >= 4 is 10.8 Å². The van der Waals surface area contributed by atoms with Crippen molar-refractivity contribution in [2.45, 2.75) is 13.8 Å². The fourth-order valence-corrected chi connectivity index (χ4v) is 2.61. The van der Waals surface area contributed by atoms with E-state index in [0.29, 0.717) is 6.61 Å². The van der Waals surface area contributed by atoms with Gasteiger partial charge in [0.05, 0.1) is 12.3 Å². The molecule has 0 bridgehead atoms. The number of rotatable bonds is 3. The van der Waals surface area contributed by atoms with Crippen molar-refractivity contribution in [3.8, 4) is 11.4 Å². The van der Waals surface area contributed by atoms with E-state index >= 15 is 0 Å². The number of ether oxygens (including phenoxy) is 1. The molecule has 3 rings (SSSR count). The molecule has 0 amide bonds. The molecule has 0 saturated heterocycles. The Hall–Kier alpha value is -2.55. The molecule has 0 N–H and O–H groups in total. The minimum Gasteiger partial charge on any atom is -0.492 e. The van der Waals surface area contributed by atoms with Gasteiger partial charge in [-0.1, -0.05) is 30.3 Å². The highest BCUT2D eigenvalue weighted by Crippen LogP contribution is 2.24. The molecule has 0 saturated carbocycles. The second-order valence-corrected chi connectivity index (χ2v) is 4.91. The van der Waals surface area contributed by atoms with Crippen molar-refractivity contribution < 1.29 is 4.74 Å². The van der Waals surface area contributed by atoms with Crippen molar-refractivity contribution in [1.29, 1.82) is 0 Å². The molecule has 3 heteroatoms. The number of benzene rings is 2. The molecule has 0 fully saturated rings. The molecule has 3 aromatic rings. The lowest BCUT2D eigenvalue weighted by atomic mass is 10.1. The largest absolute Gasteiger partial charge is 0.492 e. The number of nitrogens with zero attached hydrogens (tertiary/aromatic N) is 1. The van der Waals surface area contributed by atoms with Crippen LogP contribution in [0.1, 0.15) is 12.6 Å². The van der Waals surface area contributed by atoms with Crippen LogP contribution in [0.25, 0.3) is 16.5 Å². The Kier molecular flexibility index (Phi) is 3.48. The van der Waals surface area contributed by atoms with Crippen molar-refractivity contribution in [3.63, 3.8) is 0 Å². The van der Waals surface area contributed by atoms with Gasteiger partial charge in [-0.15, -0.1) is 0 Å². The minimum absolute atomic E-state index is 0.0160. The normalized spacial score (nSPS) is 10.8. The highest BCUT2D eigenvalue weighted by atomic mass is 16.5. The van der Waals surface area contributed by atoms with Crippen LogP contribution in [0.3, 0.4) is 0 Å². The Balaban J connectivity index is 2.33. The van der Waals surface area contributed by atoms with Crippen LogP contribution in [0, 0.1) is 6.92 Å². The van der Waals surface area contributed by atoms with E-state index in [1.165, 1.54) is 0 Å². The summed E-state index contributed by atoms with van der Waals surface area (Å²) in [6.07, 6.45) is 0. The quantitative estimate of drug-likeness (QED) is 0.732. The molecule has 0 aliphatic heterocycles. The molecule has 0 aliphatic rings. The lowest BCUT2D eigenvalue weighted by Crippen LogP contribution is -2.21. The first kappa shape index (κ1) is 13.4. The van der Waals surface area contributed by atoms with Crippen LogP contribution >= 0.6 is 0 Å². The smallest absolute Gasteiger partial charge is 0.263 e. The minimum atomic E-state index is -0.0160. The number of aromatic nitrogens is 1. The zero-order chi connectivity index (χ0) is 14.8. The molecule has 106 valence electrons. The van der Waals surface area contributed by atoms with Crippen LogP contribution in [-0.4, -0.2) is 11.2 Å². The van der Waals surface area contributed by atoms with Gasteiger partial charge in [-0.3, -0.25) is 9.36 Å². The second kappa shape index (κ2) is 5.44. The number of fused-ring (bicyclic) bond motifs is 1. The van der Waals surface area contributed by atoms with E-state index in [9.17, 15) is 4.79 Å². The van der Waals surface area contributed by atoms with E-state index in [0.717, 1.165) is 27.9 Å². The van der Waals surface area contributed by atoms with Gasteiger partial charge in [0.15, 0.2) is 0 Å². The van der Waals surface area contributed by atoms with Crippen molar-refractivity contribution in [3.05, 3.63) is 70.6 Å². The van der Waals surface area contributed by atoms with Crippen LogP contribution in [0.2, 0.25) is 0 Å². The molecule has 0 spiro atoms. The average Bonchev–Trinajstić information content (AvgIpc) is 2.49. The van der Waals surface area contributed by atoms with Gasteiger partial charge in [0, 0.05) is 11.1 Å².